The van der Waals surface area contributed by atoms with E-state index in [0.717, 1.165) is 38.3 Å². The van der Waals surface area contributed by atoms with E-state index in [2.05, 4.69) is 10.2 Å². The zero-order chi connectivity index (χ0) is 64.5. The van der Waals surface area contributed by atoms with Crippen molar-refractivity contribution >= 4 is 51.9 Å². The van der Waals surface area contributed by atoms with E-state index >= 15 is 4.39 Å². The van der Waals surface area contributed by atoms with Gasteiger partial charge in [0.25, 0.3) is 11.7 Å². The number of carboxylic acids is 1. The summed E-state index contributed by atoms with van der Waals surface area (Å²) in [5.74, 6) is -10.9. The lowest BCUT2D eigenvalue weighted by Gasteiger charge is -2.45. The molecule has 12 rings (SSSR count). The van der Waals surface area contributed by atoms with Crippen molar-refractivity contribution in [2.24, 2.45) is 29.6 Å². The first-order valence-electron chi connectivity index (χ1n) is 31.2. The molecule has 90 heavy (non-hydrogen) atoms. The number of piperidine rings is 2. The quantitative estimate of drug-likeness (QED) is 0.162. The van der Waals surface area contributed by atoms with Crippen LogP contribution in [0.3, 0.4) is 0 Å². The molecule has 2 unspecified atom stereocenters. The van der Waals surface area contributed by atoms with Gasteiger partial charge in [-0.15, -0.1) is 0 Å². The van der Waals surface area contributed by atoms with Crippen molar-refractivity contribution in [3.8, 4) is 17.2 Å². The van der Waals surface area contributed by atoms with Gasteiger partial charge in [0.15, 0.2) is 11.6 Å². The number of allylic oxidation sites excluding steroid dienone is 4. The highest BCUT2D eigenvalue weighted by Gasteiger charge is 2.54. The standard InChI is InChI=1S/C66H81FN6O17/c1-32-12-10-13-33(2)63(81)68-49-52(69-23-26-87-27-24-69)58(79)46-47(57(49)78)55(76)37(6)60-48(46)62(80)66(7,90-60)88-25-19-45(85-8)34(3)59(36(5)54(75)35(4)53(32)74)89-65(84)70-21-17-40(18-22-70)72-20-11-14-38-29-71(31-44(38)72)51-43(67)28-41-50(61(51)86-9)73(39-15-16-39)30-42(56(41)77)64(82)83/h10,12-13,19,25,28,30,32,34-36,38-40,44-45,53-54,59,74-76H,11,14-18,20-24,26-27,29,31H2,1-9H3,(H,68,81)(H,82,83)/b12-10+,25-19+,33-13-/t32-,34+,35+,36+,38?,44?,45-,53-,54+,59+,66-/m0/s1. The molecule has 1 saturated carbocycles. The molecule has 9 aliphatic rings. The van der Waals surface area contributed by atoms with Crippen molar-refractivity contribution in [2.45, 2.75) is 135 Å². The fourth-order valence-corrected chi connectivity index (χ4v) is 14.7. The molecule has 11 atom stereocenters. The van der Waals surface area contributed by atoms with E-state index in [1.807, 2.05) is 4.90 Å². The topological polar surface area (TPSA) is 286 Å². The first-order valence-corrected chi connectivity index (χ1v) is 31.2. The number of phenolic OH excluding ortho intramolecular Hbond substituents is 1. The van der Waals surface area contributed by atoms with E-state index in [9.17, 15) is 54.0 Å². The van der Waals surface area contributed by atoms with Crippen LogP contribution < -0.4 is 25.1 Å². The van der Waals surface area contributed by atoms with Gasteiger partial charge in [-0.3, -0.25) is 28.9 Å². The molecule has 484 valence electrons. The van der Waals surface area contributed by atoms with Crippen molar-refractivity contribution in [3.63, 3.8) is 0 Å². The molecule has 4 saturated heterocycles. The van der Waals surface area contributed by atoms with Crippen LogP contribution in [-0.2, 0) is 23.7 Å². The number of aliphatic hydroxyl groups is 2. The molecule has 5 bridgehead atoms. The van der Waals surface area contributed by atoms with Crippen LogP contribution in [0.2, 0.25) is 0 Å². The van der Waals surface area contributed by atoms with Crippen LogP contribution in [0.5, 0.6) is 17.2 Å². The summed E-state index contributed by atoms with van der Waals surface area (Å²) < 4.78 is 54.7. The van der Waals surface area contributed by atoms with Gasteiger partial charge in [0.2, 0.25) is 17.0 Å². The molecule has 2 aromatic carbocycles. The summed E-state index contributed by atoms with van der Waals surface area (Å²) in [6.07, 6.45) is 8.26. The molecule has 0 spiro atoms. The lowest BCUT2D eigenvalue weighted by molar-refractivity contribution is -0.116. The molecule has 2 amide bonds. The average molecular weight is 1250 g/mol. The summed E-state index contributed by atoms with van der Waals surface area (Å²) in [6, 6.07) is 1.21. The maximum Gasteiger partial charge on any atom is 0.410 e. The van der Waals surface area contributed by atoms with Gasteiger partial charge < -0.3 is 73.4 Å². The number of carbonyl (C=O) groups excluding carboxylic acids is 5. The number of amides is 2. The highest BCUT2D eigenvalue weighted by atomic mass is 19.1. The predicted molar refractivity (Wildman–Crippen MR) is 325 cm³/mol. The second kappa shape index (κ2) is 25.2. The number of rotatable bonds is 8. The number of nitrogens with zero attached hydrogens (tertiary/aromatic N) is 5. The highest BCUT2D eigenvalue weighted by molar-refractivity contribution is 6.32. The molecule has 0 radical (unpaired) electrons. The zero-order valence-electron chi connectivity index (χ0n) is 52.3. The average Bonchev–Trinajstić information content (AvgIpc) is 1.41. The van der Waals surface area contributed by atoms with Crippen LogP contribution >= 0.6 is 0 Å². The molecular weight excluding hydrogens is 1170 g/mol. The molecule has 7 aliphatic heterocycles. The summed E-state index contributed by atoms with van der Waals surface area (Å²) in [4.78, 5) is 106. The van der Waals surface area contributed by atoms with Gasteiger partial charge in [0, 0.05) is 112 Å². The minimum atomic E-state index is -2.16. The first kappa shape index (κ1) is 63.9. The number of methoxy groups -OCH3 is 2. The number of pyridine rings is 1. The number of benzene rings is 2. The Bertz CT molecular complexity index is 3620. The van der Waals surface area contributed by atoms with Gasteiger partial charge in [-0.2, -0.15) is 0 Å². The Hall–Kier alpha value is -7.64. The number of morpholine rings is 1. The number of hydrogen-bond acceptors (Lipinski definition) is 19. The third-order valence-corrected chi connectivity index (χ3v) is 20.1. The van der Waals surface area contributed by atoms with Crippen LogP contribution in [0, 0.1) is 42.3 Å². The number of nitrogens with one attached hydrogen (secondary N) is 1. The zero-order valence-corrected chi connectivity index (χ0v) is 52.3. The Labute approximate surface area is 520 Å². The number of aromatic carboxylic acids is 1. The number of halogens is 1. The third-order valence-electron chi connectivity index (χ3n) is 20.1. The van der Waals surface area contributed by atoms with Crippen LogP contribution in [-0.4, -0.2) is 191 Å². The SMILES string of the molecule is COc1c(N2CC3CCCN(C4CCN(C(=O)O[C@H]5[C@H](C)[C@H](O)[C@H](C)[C@@H](O)[C@@H](C)/C=C/C=C(/C)C(=O)NC6=C(N7CCOCC7)C(=O)c7c(c(O)c(C)c8c7C(=O)[C@@](C)(O/C=C/[C@H](OC)[C@H]5C)O8)C6=O)CC4)C3C2)c(F)cc2c(=O)c(C(=O)O)cn(C3CC3)c12. The summed E-state index contributed by atoms with van der Waals surface area (Å²) in [6.45, 7) is 14.4. The van der Waals surface area contributed by atoms with E-state index in [0.29, 0.717) is 44.5 Å². The summed E-state index contributed by atoms with van der Waals surface area (Å²) in [5.41, 5.74) is -2.25. The minimum Gasteiger partial charge on any atom is -0.507 e. The number of anilines is 1. The Morgan fingerprint density at radius 3 is 2.20 bits per heavy atom. The van der Waals surface area contributed by atoms with Gasteiger partial charge in [-0.05, 0) is 77.0 Å². The molecule has 5 fully saturated rings. The van der Waals surface area contributed by atoms with Gasteiger partial charge in [0.05, 0.1) is 72.5 Å². The van der Waals surface area contributed by atoms with E-state index in [1.54, 1.807) is 54.2 Å². The minimum absolute atomic E-state index is 0.0279. The summed E-state index contributed by atoms with van der Waals surface area (Å²) >= 11 is 0. The van der Waals surface area contributed by atoms with Crippen molar-refractivity contribution in [2.75, 3.05) is 78.1 Å². The highest BCUT2D eigenvalue weighted by Crippen LogP contribution is 2.50. The fraction of sp³-hybridized carbons (Fsp3) is 0.561. The van der Waals surface area contributed by atoms with Crippen LogP contribution in [0.15, 0.2) is 64.6 Å². The van der Waals surface area contributed by atoms with E-state index in [1.165, 1.54) is 59.6 Å². The van der Waals surface area contributed by atoms with E-state index < -0.39 is 123 Å². The summed E-state index contributed by atoms with van der Waals surface area (Å²) in [5, 5.41) is 48.3. The Morgan fingerprint density at radius 2 is 1.53 bits per heavy atom. The number of hydrogen-bond donors (Lipinski definition) is 5. The largest absolute Gasteiger partial charge is 0.507 e. The molecule has 24 heteroatoms. The van der Waals surface area contributed by atoms with Gasteiger partial charge in [-0.1, -0.05) is 45.9 Å². The number of carboxylic acid groups (broad SMARTS) is 1. The predicted octanol–water partition coefficient (Wildman–Crippen LogP) is 6.42. The first-order chi connectivity index (χ1) is 42.9. The second-order valence-corrected chi connectivity index (χ2v) is 25.7. The number of aromatic hydroxyl groups is 1. The van der Waals surface area contributed by atoms with Crippen LogP contribution in [0.25, 0.3) is 10.9 Å². The number of likely N-dealkylation sites (tertiary alicyclic amines) is 2. The Morgan fingerprint density at radius 1 is 0.822 bits per heavy atom. The molecule has 2 aliphatic carbocycles. The fourth-order valence-electron chi connectivity index (χ4n) is 14.7. The molecule has 23 nitrogen and oxygen atoms in total. The normalized spacial score (nSPS) is 31.2. The second-order valence-electron chi connectivity index (χ2n) is 25.7. The molecule has 3 aromatic rings. The Kier molecular flexibility index (Phi) is 17.9. The number of carbonyl (C=O) groups is 6. The summed E-state index contributed by atoms with van der Waals surface area (Å²) in [7, 11) is 2.87. The number of fused-ring (bicyclic) bond motifs is 16. The lowest BCUT2D eigenvalue weighted by Crippen LogP contribution is -2.55. The van der Waals surface area contributed by atoms with Gasteiger partial charge in [-0.25, -0.2) is 14.0 Å². The molecule has 5 N–H and O–H groups in total. The maximum absolute atomic E-state index is 16.6. The van der Waals surface area contributed by atoms with Crippen molar-refractivity contribution in [1.29, 1.82) is 0 Å². The van der Waals surface area contributed by atoms with E-state index in [-0.39, 0.29) is 101 Å². The Balaban J connectivity index is 0.841. The van der Waals surface area contributed by atoms with Gasteiger partial charge >= 0.3 is 17.8 Å². The van der Waals surface area contributed by atoms with Crippen LogP contribution in [0.1, 0.15) is 133 Å². The number of phenols is 1. The van der Waals surface area contributed by atoms with Crippen molar-refractivity contribution in [3.05, 3.63) is 104 Å². The number of ether oxygens (including phenoxy) is 6. The monoisotopic (exact) mass is 1250 g/mol. The molecular formula is C66H81FN6O17. The maximum atomic E-state index is 16.6. The van der Waals surface area contributed by atoms with Crippen molar-refractivity contribution in [1.82, 2.24) is 24.6 Å². The molecule has 8 heterocycles. The number of ketones is 3. The molecule has 1 aromatic heterocycles. The number of aromatic nitrogens is 1. The third kappa shape index (κ3) is 11.3. The van der Waals surface area contributed by atoms with Gasteiger partial charge in [0.1, 0.15) is 40.2 Å². The van der Waals surface area contributed by atoms with E-state index in [4.69, 9.17) is 28.4 Å². The van der Waals surface area contributed by atoms with Crippen LogP contribution in [0.4, 0.5) is 14.9 Å². The smallest absolute Gasteiger partial charge is 0.410 e. The lowest BCUT2D eigenvalue weighted by atomic mass is 9.78. The number of aliphatic hydroxyl groups excluding tert-OH is 2. The number of Topliss-reactive ketones (excluding diaryl/α,β-unsaturated/α-hetero) is 3. The van der Waals surface area contributed by atoms with Crippen molar-refractivity contribution < 1.29 is 82.0 Å².